The van der Waals surface area contributed by atoms with Crippen molar-refractivity contribution in [2.75, 3.05) is 0 Å². The zero-order chi connectivity index (χ0) is 11.8. The SMILES string of the molecule is Cc1ncc(S(N)(=O)=O)c(C(F)F)c1F. The highest BCUT2D eigenvalue weighted by atomic mass is 32.2. The molecule has 1 rings (SSSR count). The average molecular weight is 240 g/mol. The molecule has 2 N–H and O–H groups in total. The van der Waals surface area contributed by atoms with E-state index in [-0.39, 0.29) is 5.69 Å². The molecule has 0 unspecified atom stereocenters. The predicted octanol–water partition coefficient (Wildman–Crippen LogP) is 1.11. The Morgan fingerprint density at radius 1 is 1.47 bits per heavy atom. The van der Waals surface area contributed by atoms with Gasteiger partial charge in [-0.2, -0.15) is 0 Å². The van der Waals surface area contributed by atoms with E-state index in [1.165, 1.54) is 0 Å². The number of primary sulfonamides is 1. The number of pyridine rings is 1. The van der Waals surface area contributed by atoms with Crippen molar-refractivity contribution in [2.24, 2.45) is 5.14 Å². The lowest BCUT2D eigenvalue weighted by Crippen LogP contribution is -2.17. The summed E-state index contributed by atoms with van der Waals surface area (Å²) in [6.07, 6.45) is -2.64. The minimum Gasteiger partial charge on any atom is -0.257 e. The van der Waals surface area contributed by atoms with Crippen molar-refractivity contribution < 1.29 is 21.6 Å². The molecule has 1 aromatic heterocycles. The fraction of sp³-hybridized carbons (Fsp3) is 0.286. The molecule has 0 spiro atoms. The molecule has 8 heteroatoms. The number of rotatable bonds is 2. The number of hydrogen-bond donors (Lipinski definition) is 1. The van der Waals surface area contributed by atoms with Gasteiger partial charge in [0.15, 0.2) is 5.82 Å². The van der Waals surface area contributed by atoms with Crippen molar-refractivity contribution in [3.05, 3.63) is 23.3 Å². The summed E-state index contributed by atoms with van der Waals surface area (Å²) in [7, 11) is -4.40. The molecule has 0 aromatic carbocycles. The van der Waals surface area contributed by atoms with Crippen LogP contribution in [0, 0.1) is 12.7 Å². The van der Waals surface area contributed by atoms with Crippen molar-refractivity contribution in [2.45, 2.75) is 18.2 Å². The molecule has 0 bridgehead atoms. The third kappa shape index (κ3) is 2.26. The number of alkyl halides is 2. The van der Waals surface area contributed by atoms with Crippen LogP contribution in [0.5, 0.6) is 0 Å². The molecule has 0 saturated carbocycles. The number of aromatic nitrogens is 1. The van der Waals surface area contributed by atoms with Gasteiger partial charge in [-0.05, 0) is 6.92 Å². The van der Waals surface area contributed by atoms with Crippen molar-refractivity contribution in [1.82, 2.24) is 4.98 Å². The third-order valence-corrected chi connectivity index (χ3v) is 2.66. The van der Waals surface area contributed by atoms with Crippen molar-refractivity contribution in [1.29, 1.82) is 0 Å². The summed E-state index contributed by atoms with van der Waals surface area (Å²) in [5.74, 6) is -1.35. The van der Waals surface area contributed by atoms with Crippen molar-refractivity contribution in [3.8, 4) is 0 Å². The first-order valence-electron chi connectivity index (χ1n) is 3.71. The molecule has 1 heterocycles. The molecule has 0 aliphatic carbocycles. The molecule has 0 aliphatic heterocycles. The minimum absolute atomic E-state index is 0.308. The quantitative estimate of drug-likeness (QED) is 0.841. The predicted molar refractivity (Wildman–Crippen MR) is 45.3 cm³/mol. The Balaban J connectivity index is 3.62. The van der Waals surface area contributed by atoms with Crippen molar-refractivity contribution in [3.63, 3.8) is 0 Å². The van der Waals surface area contributed by atoms with E-state index in [0.29, 0.717) is 6.20 Å². The van der Waals surface area contributed by atoms with Gasteiger partial charge in [-0.1, -0.05) is 0 Å². The van der Waals surface area contributed by atoms with Gasteiger partial charge in [0.05, 0.1) is 11.3 Å². The summed E-state index contributed by atoms with van der Waals surface area (Å²) in [6.45, 7) is 1.15. The first-order valence-corrected chi connectivity index (χ1v) is 5.25. The second kappa shape index (κ2) is 3.78. The van der Waals surface area contributed by atoms with Gasteiger partial charge < -0.3 is 0 Å². The second-order valence-corrected chi connectivity index (χ2v) is 4.31. The Bertz CT molecular complexity index is 487. The summed E-state index contributed by atoms with van der Waals surface area (Å²) in [4.78, 5) is 2.34. The number of aryl methyl sites for hydroxylation is 1. The van der Waals surface area contributed by atoms with E-state index in [1.807, 2.05) is 0 Å². The molecular weight excluding hydrogens is 233 g/mol. The highest BCUT2D eigenvalue weighted by Crippen LogP contribution is 2.28. The van der Waals surface area contributed by atoms with E-state index >= 15 is 0 Å². The molecule has 0 amide bonds. The molecule has 15 heavy (non-hydrogen) atoms. The molecular formula is C7H7F3N2O2S. The second-order valence-electron chi connectivity index (χ2n) is 2.78. The Morgan fingerprint density at radius 2 is 2.00 bits per heavy atom. The van der Waals surface area contributed by atoms with Crippen LogP contribution < -0.4 is 5.14 Å². The van der Waals surface area contributed by atoms with Gasteiger partial charge in [-0.25, -0.2) is 26.7 Å². The first-order chi connectivity index (χ1) is 6.75. The van der Waals surface area contributed by atoms with Crippen LogP contribution in [0.25, 0.3) is 0 Å². The number of nitrogens with two attached hydrogens (primary N) is 1. The minimum atomic E-state index is -4.40. The molecule has 4 nitrogen and oxygen atoms in total. The van der Waals surface area contributed by atoms with Crippen LogP contribution in [0.15, 0.2) is 11.1 Å². The third-order valence-electron chi connectivity index (χ3n) is 1.72. The molecule has 1 aromatic rings. The van der Waals surface area contributed by atoms with Gasteiger partial charge in [0.25, 0.3) is 6.43 Å². The lowest BCUT2D eigenvalue weighted by atomic mass is 10.2. The largest absolute Gasteiger partial charge is 0.268 e. The van der Waals surface area contributed by atoms with E-state index in [4.69, 9.17) is 0 Å². The summed E-state index contributed by atoms with van der Waals surface area (Å²) in [5, 5.41) is 4.65. The van der Waals surface area contributed by atoms with Crippen molar-refractivity contribution >= 4 is 10.0 Å². The topological polar surface area (TPSA) is 73.0 Å². The highest BCUT2D eigenvalue weighted by Gasteiger charge is 2.26. The van der Waals surface area contributed by atoms with Gasteiger partial charge in [0.1, 0.15) is 4.90 Å². The standard InChI is InChI=1S/C7H7F3N2O2S/c1-3-6(8)5(7(9)10)4(2-12-3)15(11,13)14/h2,7H,1H3,(H2,11,13,14). The number of hydrogen-bond acceptors (Lipinski definition) is 3. The van der Waals surface area contributed by atoms with E-state index in [2.05, 4.69) is 10.1 Å². The fourth-order valence-electron chi connectivity index (χ4n) is 1.01. The zero-order valence-electron chi connectivity index (χ0n) is 7.54. The molecule has 0 fully saturated rings. The molecule has 0 atom stereocenters. The maximum absolute atomic E-state index is 13.2. The van der Waals surface area contributed by atoms with Crippen LogP contribution in [0.4, 0.5) is 13.2 Å². The Hall–Kier alpha value is -1.15. The van der Waals surface area contributed by atoms with Gasteiger partial charge in [-0.15, -0.1) is 0 Å². The van der Waals surface area contributed by atoms with Crippen LogP contribution in [-0.4, -0.2) is 13.4 Å². The monoisotopic (exact) mass is 240 g/mol. The molecule has 0 radical (unpaired) electrons. The van der Waals surface area contributed by atoms with E-state index in [1.54, 1.807) is 0 Å². The lowest BCUT2D eigenvalue weighted by Gasteiger charge is -2.08. The summed E-state index contributed by atoms with van der Waals surface area (Å²) >= 11 is 0. The Morgan fingerprint density at radius 3 is 2.40 bits per heavy atom. The maximum Gasteiger partial charge on any atom is 0.268 e. The zero-order valence-corrected chi connectivity index (χ0v) is 8.35. The van der Waals surface area contributed by atoms with Gasteiger partial charge >= 0.3 is 0 Å². The first kappa shape index (κ1) is 11.9. The lowest BCUT2D eigenvalue weighted by molar-refractivity contribution is 0.142. The van der Waals surface area contributed by atoms with Crippen LogP contribution in [0.2, 0.25) is 0 Å². The molecule has 0 aliphatic rings. The maximum atomic E-state index is 13.2. The van der Waals surface area contributed by atoms with Crippen LogP contribution in [0.3, 0.4) is 0 Å². The van der Waals surface area contributed by atoms with E-state index < -0.39 is 32.7 Å². The number of sulfonamides is 1. The smallest absolute Gasteiger partial charge is 0.257 e. The summed E-state index contributed by atoms with van der Waals surface area (Å²) < 4.78 is 59.7. The Kier molecular flexibility index (Phi) is 3.00. The normalized spacial score (nSPS) is 12.1. The number of halogens is 3. The fourth-order valence-corrected chi connectivity index (χ4v) is 1.70. The molecule has 0 saturated heterocycles. The van der Waals surface area contributed by atoms with E-state index in [9.17, 15) is 21.6 Å². The van der Waals surface area contributed by atoms with E-state index in [0.717, 1.165) is 6.92 Å². The van der Waals surface area contributed by atoms with Crippen LogP contribution >= 0.6 is 0 Å². The average Bonchev–Trinajstić information content (AvgIpc) is 2.06. The van der Waals surface area contributed by atoms with Gasteiger partial charge in [0.2, 0.25) is 10.0 Å². The molecule has 84 valence electrons. The summed E-state index contributed by atoms with van der Waals surface area (Å²) in [5.41, 5.74) is -1.54. The summed E-state index contributed by atoms with van der Waals surface area (Å²) in [6, 6.07) is 0. The van der Waals surface area contributed by atoms with Crippen LogP contribution in [-0.2, 0) is 10.0 Å². The van der Waals surface area contributed by atoms with Crippen LogP contribution in [0.1, 0.15) is 17.7 Å². The highest BCUT2D eigenvalue weighted by molar-refractivity contribution is 7.89. The van der Waals surface area contributed by atoms with Gasteiger partial charge in [-0.3, -0.25) is 4.98 Å². The Labute approximate surface area is 84.0 Å². The van der Waals surface area contributed by atoms with Gasteiger partial charge in [0, 0.05) is 6.20 Å². The number of nitrogens with zero attached hydrogens (tertiary/aromatic N) is 1.